The number of phenols is 2. The second kappa shape index (κ2) is 7.61. The van der Waals surface area contributed by atoms with E-state index >= 15 is 0 Å². The quantitative estimate of drug-likeness (QED) is 0.766. The Bertz CT molecular complexity index is 324. The van der Waals surface area contributed by atoms with Gasteiger partial charge in [-0.3, -0.25) is 4.90 Å². The van der Waals surface area contributed by atoms with Gasteiger partial charge in [-0.25, -0.2) is 0 Å². The normalized spacial score (nSPS) is 15.8. The third-order valence-corrected chi connectivity index (χ3v) is 2.58. The number of hydrogen-bond donors (Lipinski definition) is 3. The molecule has 1 saturated heterocycles. The van der Waals surface area contributed by atoms with E-state index in [0.29, 0.717) is 0 Å². The fourth-order valence-corrected chi connectivity index (χ4v) is 1.88. The molecule has 0 saturated carbocycles. The van der Waals surface area contributed by atoms with Gasteiger partial charge in [0.1, 0.15) is 11.5 Å². The Morgan fingerprint density at radius 3 is 2.06 bits per heavy atom. The summed E-state index contributed by atoms with van der Waals surface area (Å²) in [6, 6.07) is 4.74. The number of rotatable bonds is 2. The Morgan fingerprint density at radius 2 is 1.53 bits per heavy atom. The van der Waals surface area contributed by atoms with Crippen molar-refractivity contribution in [3.05, 3.63) is 23.8 Å². The second-order valence-corrected chi connectivity index (χ2v) is 3.88. The molecule has 0 spiro atoms. The van der Waals surface area contributed by atoms with Crippen LogP contribution in [0.5, 0.6) is 11.5 Å². The van der Waals surface area contributed by atoms with E-state index < -0.39 is 0 Å². The van der Waals surface area contributed by atoms with E-state index in [4.69, 9.17) is 0 Å². The summed E-state index contributed by atoms with van der Waals surface area (Å²) < 4.78 is 0. The van der Waals surface area contributed by atoms with Crippen molar-refractivity contribution in [2.45, 2.75) is 6.54 Å². The van der Waals surface area contributed by atoms with Gasteiger partial charge < -0.3 is 15.5 Å². The second-order valence-electron chi connectivity index (χ2n) is 3.88. The third kappa shape index (κ3) is 5.00. The Balaban J connectivity index is 0.00000128. The maximum atomic E-state index is 9.33. The number of nitrogens with one attached hydrogen (secondary N) is 1. The summed E-state index contributed by atoms with van der Waals surface area (Å²) in [5, 5.41) is 21.9. The lowest BCUT2D eigenvalue weighted by atomic mass is 10.2. The number of benzene rings is 1. The first-order valence-electron chi connectivity index (χ1n) is 5.19. The predicted octanol–water partition coefficient (Wildman–Crippen LogP) is 1.35. The molecular formula is C11H18Cl2N2O2. The van der Waals surface area contributed by atoms with Crippen molar-refractivity contribution in [3.8, 4) is 11.5 Å². The number of piperazine rings is 1. The molecule has 98 valence electrons. The molecule has 0 unspecified atom stereocenters. The average molecular weight is 281 g/mol. The zero-order valence-corrected chi connectivity index (χ0v) is 11.1. The van der Waals surface area contributed by atoms with E-state index in [1.54, 1.807) is 12.1 Å². The van der Waals surface area contributed by atoms with Gasteiger partial charge in [-0.1, -0.05) is 0 Å². The number of hydrogen-bond acceptors (Lipinski definition) is 4. The summed E-state index contributed by atoms with van der Waals surface area (Å²) in [5.41, 5.74) is 0.953. The molecule has 2 rings (SSSR count). The molecule has 0 amide bonds. The molecule has 0 radical (unpaired) electrons. The van der Waals surface area contributed by atoms with Crippen molar-refractivity contribution >= 4 is 24.8 Å². The highest BCUT2D eigenvalue weighted by atomic mass is 35.5. The monoisotopic (exact) mass is 280 g/mol. The van der Waals surface area contributed by atoms with Crippen LogP contribution in [-0.4, -0.2) is 41.3 Å². The SMILES string of the molecule is Cl.Cl.Oc1cc(O)cc(CN2CCNCC2)c1. The van der Waals surface area contributed by atoms with Crippen LogP contribution in [0.2, 0.25) is 0 Å². The predicted molar refractivity (Wildman–Crippen MR) is 72.4 cm³/mol. The first-order chi connectivity index (χ1) is 7.24. The van der Waals surface area contributed by atoms with Gasteiger partial charge >= 0.3 is 0 Å². The number of nitrogens with zero attached hydrogens (tertiary/aromatic N) is 1. The molecule has 0 atom stereocenters. The van der Waals surface area contributed by atoms with E-state index in [1.165, 1.54) is 6.07 Å². The summed E-state index contributed by atoms with van der Waals surface area (Å²) in [5.74, 6) is 0.250. The van der Waals surface area contributed by atoms with E-state index in [1.807, 2.05) is 0 Å². The fraction of sp³-hybridized carbons (Fsp3) is 0.455. The molecule has 1 aromatic rings. The summed E-state index contributed by atoms with van der Waals surface area (Å²) >= 11 is 0. The highest BCUT2D eigenvalue weighted by molar-refractivity contribution is 5.85. The maximum Gasteiger partial charge on any atom is 0.119 e. The minimum Gasteiger partial charge on any atom is -0.508 e. The van der Waals surface area contributed by atoms with Crippen molar-refractivity contribution in [2.24, 2.45) is 0 Å². The van der Waals surface area contributed by atoms with E-state index in [9.17, 15) is 10.2 Å². The first-order valence-corrected chi connectivity index (χ1v) is 5.19. The van der Waals surface area contributed by atoms with Crippen LogP contribution < -0.4 is 5.32 Å². The molecule has 1 aromatic carbocycles. The topological polar surface area (TPSA) is 55.7 Å². The highest BCUT2D eigenvalue weighted by Gasteiger charge is 2.10. The molecular weight excluding hydrogens is 263 g/mol. The van der Waals surface area contributed by atoms with Crippen molar-refractivity contribution in [2.75, 3.05) is 26.2 Å². The van der Waals surface area contributed by atoms with Gasteiger partial charge in [0.05, 0.1) is 0 Å². The van der Waals surface area contributed by atoms with Gasteiger partial charge in [0.15, 0.2) is 0 Å². The van der Waals surface area contributed by atoms with Crippen LogP contribution >= 0.6 is 24.8 Å². The largest absolute Gasteiger partial charge is 0.508 e. The number of aromatic hydroxyl groups is 2. The standard InChI is InChI=1S/C11H16N2O2.2ClH/c14-10-5-9(6-11(15)7-10)8-13-3-1-12-2-4-13;;/h5-7,12,14-15H,1-4,8H2;2*1H. The lowest BCUT2D eigenvalue weighted by Gasteiger charge is -2.27. The van der Waals surface area contributed by atoms with Crippen molar-refractivity contribution in [1.82, 2.24) is 10.2 Å². The average Bonchev–Trinajstić information content (AvgIpc) is 2.17. The minimum atomic E-state index is 0. The van der Waals surface area contributed by atoms with Crippen molar-refractivity contribution < 1.29 is 10.2 Å². The Hall–Kier alpha value is -0.680. The molecule has 17 heavy (non-hydrogen) atoms. The third-order valence-electron chi connectivity index (χ3n) is 2.58. The van der Waals surface area contributed by atoms with Crippen LogP contribution in [0, 0.1) is 0 Å². The zero-order valence-electron chi connectivity index (χ0n) is 9.43. The summed E-state index contributed by atoms with van der Waals surface area (Å²) in [4.78, 5) is 2.30. The minimum absolute atomic E-state index is 0. The summed E-state index contributed by atoms with van der Waals surface area (Å²) in [6.45, 7) is 4.81. The van der Waals surface area contributed by atoms with E-state index in [-0.39, 0.29) is 36.3 Å². The van der Waals surface area contributed by atoms with Gasteiger partial charge in [-0.2, -0.15) is 0 Å². The number of halogens is 2. The Labute approximate surface area is 113 Å². The fourth-order valence-electron chi connectivity index (χ4n) is 1.88. The maximum absolute atomic E-state index is 9.33. The van der Waals surface area contributed by atoms with Gasteiger partial charge in [-0.15, -0.1) is 24.8 Å². The number of phenolic OH excluding ortho intramolecular Hbond substituents is 2. The molecule has 1 aliphatic rings. The molecule has 6 heteroatoms. The van der Waals surface area contributed by atoms with Crippen LogP contribution in [0.1, 0.15) is 5.56 Å². The molecule has 0 bridgehead atoms. The van der Waals surface area contributed by atoms with Crippen molar-refractivity contribution in [3.63, 3.8) is 0 Å². The van der Waals surface area contributed by atoms with E-state index in [0.717, 1.165) is 38.3 Å². The van der Waals surface area contributed by atoms with Crippen molar-refractivity contribution in [1.29, 1.82) is 0 Å². The van der Waals surface area contributed by atoms with E-state index in [2.05, 4.69) is 10.2 Å². The smallest absolute Gasteiger partial charge is 0.119 e. The first kappa shape index (κ1) is 16.3. The molecule has 4 nitrogen and oxygen atoms in total. The lowest BCUT2D eigenvalue weighted by molar-refractivity contribution is 0.232. The lowest BCUT2D eigenvalue weighted by Crippen LogP contribution is -2.42. The van der Waals surface area contributed by atoms with Crippen LogP contribution in [0.3, 0.4) is 0 Å². The molecule has 0 aromatic heterocycles. The molecule has 1 fully saturated rings. The van der Waals surface area contributed by atoms with Gasteiger partial charge in [0.25, 0.3) is 0 Å². The van der Waals surface area contributed by atoms with Crippen LogP contribution in [-0.2, 0) is 6.54 Å². The highest BCUT2D eigenvalue weighted by Crippen LogP contribution is 2.21. The molecule has 0 aliphatic carbocycles. The van der Waals surface area contributed by atoms with Crippen LogP contribution in [0.15, 0.2) is 18.2 Å². The van der Waals surface area contributed by atoms with Crippen LogP contribution in [0.25, 0.3) is 0 Å². The van der Waals surface area contributed by atoms with Gasteiger partial charge in [0.2, 0.25) is 0 Å². The zero-order chi connectivity index (χ0) is 10.7. The summed E-state index contributed by atoms with van der Waals surface area (Å²) in [6.07, 6.45) is 0. The Morgan fingerprint density at radius 1 is 1.00 bits per heavy atom. The molecule has 1 heterocycles. The Kier molecular flexibility index (Phi) is 7.30. The summed E-state index contributed by atoms with van der Waals surface area (Å²) in [7, 11) is 0. The van der Waals surface area contributed by atoms with Gasteiger partial charge in [-0.05, 0) is 17.7 Å². The molecule has 1 aliphatic heterocycles. The molecule has 3 N–H and O–H groups in total. The van der Waals surface area contributed by atoms with Crippen LogP contribution in [0.4, 0.5) is 0 Å². The van der Waals surface area contributed by atoms with Gasteiger partial charge in [0, 0.05) is 38.8 Å².